The molecular weight excluding hydrogens is 438 g/mol. The maximum Gasteiger partial charge on any atom is 0.254 e. The van der Waals surface area contributed by atoms with Gasteiger partial charge in [-0.05, 0) is 42.3 Å². The molecule has 2 unspecified atom stereocenters. The number of amides is 2. The summed E-state index contributed by atoms with van der Waals surface area (Å²) < 4.78 is 28.2. The van der Waals surface area contributed by atoms with Gasteiger partial charge in [0.1, 0.15) is 17.7 Å². The molecule has 0 aliphatic carbocycles. The van der Waals surface area contributed by atoms with Crippen LogP contribution in [0.4, 0.5) is 20.2 Å². The lowest BCUT2D eigenvalue weighted by molar-refractivity contribution is -0.118. The second-order valence-corrected chi connectivity index (χ2v) is 8.34. The number of benzene rings is 3. The molecular formula is C26H26F2N4O2. The third-order valence-electron chi connectivity index (χ3n) is 5.80. The number of anilines is 2. The standard InChI is InChI=1S/C26H26F2N4O2/c27-18-10-11-24(32-13-12-19(29)16-32)22(15-18)30-26(34)23(14-17-6-2-1-3-7-17)31-25(33)20-8-4-5-9-21(20)28/h1-11,15,19,23H,12-14,16,29H2,(H,30,34)(H,31,33). The van der Waals surface area contributed by atoms with Crippen LogP contribution in [-0.2, 0) is 11.2 Å². The number of nitrogens with two attached hydrogens (primary N) is 1. The minimum absolute atomic E-state index is 0.000472. The fourth-order valence-corrected chi connectivity index (χ4v) is 4.05. The van der Waals surface area contributed by atoms with E-state index in [1.165, 1.54) is 30.3 Å². The molecule has 2 atom stereocenters. The summed E-state index contributed by atoms with van der Waals surface area (Å²) in [6.45, 7) is 1.28. The molecule has 0 aromatic heterocycles. The lowest BCUT2D eigenvalue weighted by Crippen LogP contribution is -2.45. The molecule has 0 bridgehead atoms. The molecule has 3 aromatic rings. The van der Waals surface area contributed by atoms with E-state index in [-0.39, 0.29) is 23.7 Å². The van der Waals surface area contributed by atoms with E-state index < -0.39 is 29.5 Å². The molecule has 1 heterocycles. The molecule has 3 aromatic carbocycles. The minimum Gasteiger partial charge on any atom is -0.368 e. The van der Waals surface area contributed by atoms with Crippen molar-refractivity contribution in [1.82, 2.24) is 5.32 Å². The van der Waals surface area contributed by atoms with Gasteiger partial charge in [-0.15, -0.1) is 0 Å². The molecule has 34 heavy (non-hydrogen) atoms. The Morgan fingerprint density at radius 1 is 1.03 bits per heavy atom. The van der Waals surface area contributed by atoms with E-state index in [0.717, 1.165) is 12.0 Å². The Balaban J connectivity index is 1.59. The van der Waals surface area contributed by atoms with Crippen LogP contribution in [0.15, 0.2) is 72.8 Å². The van der Waals surface area contributed by atoms with Crippen molar-refractivity contribution in [2.24, 2.45) is 5.73 Å². The summed E-state index contributed by atoms with van der Waals surface area (Å²) in [6.07, 6.45) is 0.964. The quantitative estimate of drug-likeness (QED) is 0.500. The van der Waals surface area contributed by atoms with E-state index in [4.69, 9.17) is 5.73 Å². The summed E-state index contributed by atoms with van der Waals surface area (Å²) in [4.78, 5) is 28.1. The summed E-state index contributed by atoms with van der Waals surface area (Å²) >= 11 is 0. The first kappa shape index (κ1) is 23.4. The third kappa shape index (κ3) is 5.58. The van der Waals surface area contributed by atoms with Crippen molar-refractivity contribution in [3.63, 3.8) is 0 Å². The van der Waals surface area contributed by atoms with Gasteiger partial charge in [-0.2, -0.15) is 0 Å². The molecule has 176 valence electrons. The zero-order chi connectivity index (χ0) is 24.1. The zero-order valence-electron chi connectivity index (χ0n) is 18.5. The molecule has 1 saturated heterocycles. The molecule has 1 fully saturated rings. The van der Waals surface area contributed by atoms with Crippen molar-refractivity contribution in [1.29, 1.82) is 0 Å². The number of nitrogens with zero attached hydrogens (tertiary/aromatic N) is 1. The van der Waals surface area contributed by atoms with Gasteiger partial charge in [-0.25, -0.2) is 8.78 Å². The first-order valence-corrected chi connectivity index (χ1v) is 11.1. The van der Waals surface area contributed by atoms with Crippen molar-refractivity contribution < 1.29 is 18.4 Å². The molecule has 4 rings (SSSR count). The number of halogens is 2. The summed E-state index contributed by atoms with van der Waals surface area (Å²) in [5.74, 6) is -2.43. The Hall–Kier alpha value is -3.78. The fourth-order valence-electron chi connectivity index (χ4n) is 4.05. The lowest BCUT2D eigenvalue weighted by atomic mass is 10.0. The maximum absolute atomic E-state index is 14.1. The zero-order valence-corrected chi connectivity index (χ0v) is 18.5. The molecule has 0 spiro atoms. The van der Waals surface area contributed by atoms with Crippen LogP contribution in [0.3, 0.4) is 0 Å². The Bertz CT molecular complexity index is 1170. The van der Waals surface area contributed by atoms with Crippen LogP contribution in [0.1, 0.15) is 22.3 Å². The van der Waals surface area contributed by atoms with Crippen LogP contribution >= 0.6 is 0 Å². The largest absolute Gasteiger partial charge is 0.368 e. The average Bonchev–Trinajstić information content (AvgIpc) is 3.25. The highest BCUT2D eigenvalue weighted by Crippen LogP contribution is 2.30. The van der Waals surface area contributed by atoms with Crippen molar-refractivity contribution in [2.75, 3.05) is 23.3 Å². The Morgan fingerprint density at radius 3 is 2.47 bits per heavy atom. The van der Waals surface area contributed by atoms with Crippen LogP contribution in [-0.4, -0.2) is 37.0 Å². The van der Waals surface area contributed by atoms with Gasteiger partial charge in [0.15, 0.2) is 0 Å². The monoisotopic (exact) mass is 464 g/mol. The third-order valence-corrected chi connectivity index (χ3v) is 5.80. The highest BCUT2D eigenvalue weighted by atomic mass is 19.1. The summed E-state index contributed by atoms with van der Waals surface area (Å²) in [5.41, 5.74) is 7.61. The second kappa shape index (κ2) is 10.4. The van der Waals surface area contributed by atoms with E-state index in [2.05, 4.69) is 10.6 Å². The second-order valence-electron chi connectivity index (χ2n) is 8.34. The fraction of sp³-hybridized carbons (Fsp3) is 0.231. The highest BCUT2D eigenvalue weighted by molar-refractivity contribution is 6.02. The predicted octanol–water partition coefficient (Wildman–Crippen LogP) is 3.48. The van der Waals surface area contributed by atoms with E-state index in [0.29, 0.717) is 18.8 Å². The van der Waals surface area contributed by atoms with E-state index in [1.807, 2.05) is 35.2 Å². The summed E-state index contributed by atoms with van der Waals surface area (Å²) in [5, 5.41) is 5.40. The van der Waals surface area contributed by atoms with Gasteiger partial charge in [-0.1, -0.05) is 42.5 Å². The molecule has 0 saturated carbocycles. The van der Waals surface area contributed by atoms with Crippen LogP contribution in [0.5, 0.6) is 0 Å². The lowest BCUT2D eigenvalue weighted by Gasteiger charge is -2.24. The van der Waals surface area contributed by atoms with E-state index in [1.54, 1.807) is 12.1 Å². The van der Waals surface area contributed by atoms with Crippen LogP contribution in [0, 0.1) is 11.6 Å². The first-order chi connectivity index (χ1) is 16.4. The van der Waals surface area contributed by atoms with Crippen molar-refractivity contribution in [3.05, 3.63) is 95.6 Å². The average molecular weight is 465 g/mol. The Labute approximate surface area is 196 Å². The molecule has 6 nitrogen and oxygen atoms in total. The molecule has 8 heteroatoms. The van der Waals surface area contributed by atoms with Gasteiger partial charge in [0.05, 0.1) is 16.9 Å². The van der Waals surface area contributed by atoms with Gasteiger partial charge in [-0.3, -0.25) is 9.59 Å². The molecule has 2 amide bonds. The Morgan fingerprint density at radius 2 is 1.76 bits per heavy atom. The number of carbonyl (C=O) groups excluding carboxylic acids is 2. The van der Waals surface area contributed by atoms with Crippen molar-refractivity contribution >= 4 is 23.2 Å². The topological polar surface area (TPSA) is 87.5 Å². The van der Waals surface area contributed by atoms with Crippen LogP contribution < -0.4 is 21.3 Å². The molecule has 1 aliphatic heterocycles. The van der Waals surface area contributed by atoms with Crippen LogP contribution in [0.25, 0.3) is 0 Å². The van der Waals surface area contributed by atoms with Crippen molar-refractivity contribution in [3.8, 4) is 0 Å². The molecule has 0 radical (unpaired) electrons. The van der Waals surface area contributed by atoms with Gasteiger partial charge in [0.2, 0.25) is 5.91 Å². The first-order valence-electron chi connectivity index (χ1n) is 11.1. The summed E-state index contributed by atoms with van der Waals surface area (Å²) in [7, 11) is 0. The predicted molar refractivity (Wildman–Crippen MR) is 128 cm³/mol. The summed E-state index contributed by atoms with van der Waals surface area (Å²) in [6, 6.07) is 17.9. The Kier molecular flexibility index (Phi) is 7.18. The SMILES string of the molecule is NC1CCN(c2ccc(F)cc2NC(=O)C(Cc2ccccc2)NC(=O)c2ccccc2F)C1. The number of nitrogens with one attached hydrogen (secondary N) is 2. The number of rotatable bonds is 7. The normalized spacial score (nSPS) is 16.2. The van der Waals surface area contributed by atoms with E-state index in [9.17, 15) is 18.4 Å². The molecule has 1 aliphatic rings. The number of hydrogen-bond acceptors (Lipinski definition) is 4. The maximum atomic E-state index is 14.1. The van der Waals surface area contributed by atoms with Gasteiger partial charge < -0.3 is 21.3 Å². The van der Waals surface area contributed by atoms with Crippen molar-refractivity contribution in [2.45, 2.75) is 24.9 Å². The molecule has 4 N–H and O–H groups in total. The number of carbonyl (C=O) groups is 2. The van der Waals surface area contributed by atoms with Gasteiger partial charge in [0, 0.05) is 25.6 Å². The smallest absolute Gasteiger partial charge is 0.254 e. The van der Waals surface area contributed by atoms with Gasteiger partial charge in [0.25, 0.3) is 5.91 Å². The van der Waals surface area contributed by atoms with Crippen LogP contribution in [0.2, 0.25) is 0 Å². The minimum atomic E-state index is -1.02. The van der Waals surface area contributed by atoms with Gasteiger partial charge >= 0.3 is 0 Å². The highest BCUT2D eigenvalue weighted by Gasteiger charge is 2.26. The number of hydrogen-bond donors (Lipinski definition) is 3. The van der Waals surface area contributed by atoms with E-state index >= 15 is 0 Å².